The Bertz CT molecular complexity index is 1110. The van der Waals surface area contributed by atoms with E-state index in [0.717, 1.165) is 29.5 Å². The molecule has 4 heteroatoms. The summed E-state index contributed by atoms with van der Waals surface area (Å²) < 4.78 is 0. The van der Waals surface area contributed by atoms with Crippen LogP contribution in [0, 0.1) is 20.8 Å². The summed E-state index contributed by atoms with van der Waals surface area (Å²) in [5.74, 6) is -0.136. The van der Waals surface area contributed by atoms with E-state index in [-0.39, 0.29) is 18.2 Å². The van der Waals surface area contributed by atoms with Crippen LogP contribution in [0.1, 0.15) is 53.1 Å². The van der Waals surface area contributed by atoms with Crippen LogP contribution in [0.3, 0.4) is 0 Å². The number of amides is 2. The number of nitrogens with one attached hydrogen (secondary N) is 1. The predicted molar refractivity (Wildman–Crippen MR) is 143 cm³/mol. The van der Waals surface area contributed by atoms with E-state index in [1.807, 2.05) is 55.5 Å². The normalized spacial score (nSPS) is 11.7. The van der Waals surface area contributed by atoms with Crippen molar-refractivity contribution < 1.29 is 9.59 Å². The molecule has 0 heterocycles. The first kappa shape index (κ1) is 26.2. The Labute approximate surface area is 210 Å². The van der Waals surface area contributed by atoms with Crippen molar-refractivity contribution in [1.29, 1.82) is 0 Å². The molecule has 0 unspecified atom stereocenters. The smallest absolute Gasteiger partial charge is 0.243 e. The number of hydrogen-bond acceptors (Lipinski definition) is 2. The fraction of sp³-hybridized carbons (Fsp3) is 0.355. The summed E-state index contributed by atoms with van der Waals surface area (Å²) in [5.41, 5.74) is 6.56. The van der Waals surface area contributed by atoms with Crippen molar-refractivity contribution in [2.24, 2.45) is 0 Å². The number of carbonyl (C=O) groups excluding carboxylic acids is 2. The van der Waals surface area contributed by atoms with Crippen LogP contribution in [0.25, 0.3) is 0 Å². The number of benzene rings is 3. The highest BCUT2D eigenvalue weighted by Gasteiger charge is 2.30. The summed E-state index contributed by atoms with van der Waals surface area (Å²) in [5, 5.41) is 3.08. The third-order valence-corrected chi connectivity index (χ3v) is 6.50. The molecule has 184 valence electrons. The molecule has 0 bridgehead atoms. The summed E-state index contributed by atoms with van der Waals surface area (Å²) in [7, 11) is 0. The third-order valence-electron chi connectivity index (χ3n) is 6.50. The van der Waals surface area contributed by atoms with E-state index in [9.17, 15) is 9.59 Å². The molecule has 0 aliphatic rings. The second kappa shape index (κ2) is 12.9. The van der Waals surface area contributed by atoms with Gasteiger partial charge in [-0.15, -0.1) is 0 Å². The maximum atomic E-state index is 13.8. The molecule has 0 spiro atoms. The average molecular weight is 471 g/mol. The van der Waals surface area contributed by atoms with Gasteiger partial charge in [0, 0.05) is 19.5 Å². The van der Waals surface area contributed by atoms with Gasteiger partial charge in [0.05, 0.1) is 6.42 Å². The number of hydrogen-bond donors (Lipinski definition) is 1. The molecule has 2 amide bonds. The lowest BCUT2D eigenvalue weighted by Crippen LogP contribution is -2.51. The Morgan fingerprint density at radius 1 is 0.829 bits per heavy atom. The Hall–Kier alpha value is -3.40. The highest BCUT2D eigenvalue weighted by molar-refractivity contribution is 5.88. The second-order valence-electron chi connectivity index (χ2n) is 9.45. The Morgan fingerprint density at radius 3 is 2.17 bits per heavy atom. The number of carbonyl (C=O) groups is 2. The monoisotopic (exact) mass is 470 g/mol. The van der Waals surface area contributed by atoms with Gasteiger partial charge in [-0.1, -0.05) is 91.7 Å². The SMILES string of the molecule is CCCCNC(=O)[C@H](Cc1ccccc1)N(Cc1ccc(C)cc1)C(=O)Cc1ccc(C)c(C)c1. The molecular weight excluding hydrogens is 432 g/mol. The number of nitrogens with zero attached hydrogens (tertiary/aromatic N) is 1. The topological polar surface area (TPSA) is 49.4 Å². The van der Waals surface area contributed by atoms with Gasteiger partial charge in [-0.25, -0.2) is 0 Å². The number of aryl methyl sites for hydroxylation is 3. The zero-order valence-corrected chi connectivity index (χ0v) is 21.5. The highest BCUT2D eigenvalue weighted by Crippen LogP contribution is 2.18. The van der Waals surface area contributed by atoms with Gasteiger partial charge in [-0.05, 0) is 55.0 Å². The van der Waals surface area contributed by atoms with Crippen LogP contribution in [0.15, 0.2) is 72.8 Å². The first-order valence-electron chi connectivity index (χ1n) is 12.6. The van der Waals surface area contributed by atoms with Gasteiger partial charge in [0.1, 0.15) is 6.04 Å². The minimum Gasteiger partial charge on any atom is -0.354 e. The zero-order valence-electron chi connectivity index (χ0n) is 21.5. The van der Waals surface area contributed by atoms with Crippen LogP contribution in [0.4, 0.5) is 0 Å². The molecule has 0 saturated heterocycles. The van der Waals surface area contributed by atoms with Crippen molar-refractivity contribution in [3.8, 4) is 0 Å². The quantitative estimate of drug-likeness (QED) is 0.365. The molecule has 0 aliphatic carbocycles. The van der Waals surface area contributed by atoms with Gasteiger partial charge < -0.3 is 10.2 Å². The molecule has 0 saturated carbocycles. The number of rotatable bonds is 11. The van der Waals surface area contributed by atoms with E-state index in [2.05, 4.69) is 50.4 Å². The molecule has 3 aromatic carbocycles. The fourth-order valence-corrected chi connectivity index (χ4v) is 4.14. The summed E-state index contributed by atoms with van der Waals surface area (Å²) in [4.78, 5) is 29.0. The van der Waals surface area contributed by atoms with E-state index in [4.69, 9.17) is 0 Å². The van der Waals surface area contributed by atoms with Gasteiger partial charge in [-0.2, -0.15) is 0 Å². The maximum absolute atomic E-state index is 13.8. The molecule has 1 atom stereocenters. The van der Waals surface area contributed by atoms with E-state index in [1.54, 1.807) is 4.90 Å². The fourth-order valence-electron chi connectivity index (χ4n) is 4.14. The zero-order chi connectivity index (χ0) is 25.2. The summed E-state index contributed by atoms with van der Waals surface area (Å²) in [6.45, 7) is 9.29. The molecule has 3 aromatic rings. The van der Waals surface area contributed by atoms with E-state index in [0.29, 0.717) is 19.5 Å². The standard InChI is InChI=1S/C31H38N2O2/c1-5-6-18-32-31(35)29(20-26-10-8-7-9-11-26)33(22-27-15-12-23(2)13-16-27)30(34)21-28-17-14-24(3)25(4)19-28/h7-17,19,29H,5-6,18,20-22H2,1-4H3,(H,32,35)/t29-/m0/s1. The van der Waals surface area contributed by atoms with Crippen molar-refractivity contribution in [3.63, 3.8) is 0 Å². The van der Waals surface area contributed by atoms with Gasteiger partial charge in [0.2, 0.25) is 11.8 Å². The Balaban J connectivity index is 1.94. The largest absolute Gasteiger partial charge is 0.354 e. The van der Waals surface area contributed by atoms with Gasteiger partial charge >= 0.3 is 0 Å². The van der Waals surface area contributed by atoms with E-state index in [1.165, 1.54) is 16.7 Å². The second-order valence-corrected chi connectivity index (χ2v) is 9.45. The first-order valence-corrected chi connectivity index (χ1v) is 12.6. The van der Waals surface area contributed by atoms with Crippen molar-refractivity contribution in [1.82, 2.24) is 10.2 Å². The van der Waals surface area contributed by atoms with Crippen LogP contribution in [0.5, 0.6) is 0 Å². The van der Waals surface area contributed by atoms with Gasteiger partial charge in [-0.3, -0.25) is 9.59 Å². The molecule has 0 aliphatic heterocycles. The van der Waals surface area contributed by atoms with Crippen molar-refractivity contribution in [2.45, 2.75) is 66.0 Å². The molecule has 0 fully saturated rings. The molecule has 0 aromatic heterocycles. The van der Waals surface area contributed by atoms with Crippen molar-refractivity contribution in [2.75, 3.05) is 6.54 Å². The first-order chi connectivity index (χ1) is 16.9. The average Bonchev–Trinajstić information content (AvgIpc) is 2.85. The molecule has 3 rings (SSSR count). The Kier molecular flexibility index (Phi) is 9.66. The number of unbranched alkanes of at least 4 members (excludes halogenated alkanes) is 1. The summed E-state index contributed by atoms with van der Waals surface area (Å²) in [6.07, 6.45) is 2.66. The summed E-state index contributed by atoms with van der Waals surface area (Å²) >= 11 is 0. The Morgan fingerprint density at radius 2 is 1.51 bits per heavy atom. The lowest BCUT2D eigenvalue weighted by Gasteiger charge is -2.32. The molecule has 0 radical (unpaired) electrons. The minimum atomic E-state index is -0.588. The summed E-state index contributed by atoms with van der Waals surface area (Å²) in [6, 6.07) is 23.7. The van der Waals surface area contributed by atoms with Crippen LogP contribution in [0.2, 0.25) is 0 Å². The van der Waals surface area contributed by atoms with Crippen LogP contribution >= 0.6 is 0 Å². The predicted octanol–water partition coefficient (Wildman–Crippen LogP) is 5.71. The van der Waals surface area contributed by atoms with E-state index < -0.39 is 6.04 Å². The van der Waals surface area contributed by atoms with Crippen LogP contribution in [-0.4, -0.2) is 29.3 Å². The molecule has 35 heavy (non-hydrogen) atoms. The molecule has 4 nitrogen and oxygen atoms in total. The molecule has 1 N–H and O–H groups in total. The lowest BCUT2D eigenvalue weighted by atomic mass is 10.00. The maximum Gasteiger partial charge on any atom is 0.243 e. The third kappa shape index (κ3) is 7.81. The van der Waals surface area contributed by atoms with Crippen LogP contribution < -0.4 is 5.32 Å². The van der Waals surface area contributed by atoms with Crippen molar-refractivity contribution in [3.05, 3.63) is 106 Å². The lowest BCUT2D eigenvalue weighted by molar-refractivity contribution is -0.140. The van der Waals surface area contributed by atoms with Gasteiger partial charge in [0.15, 0.2) is 0 Å². The van der Waals surface area contributed by atoms with Crippen molar-refractivity contribution >= 4 is 11.8 Å². The van der Waals surface area contributed by atoms with Gasteiger partial charge in [0.25, 0.3) is 0 Å². The minimum absolute atomic E-state index is 0.0413. The molecular formula is C31H38N2O2. The highest BCUT2D eigenvalue weighted by atomic mass is 16.2. The van der Waals surface area contributed by atoms with E-state index >= 15 is 0 Å². The van der Waals surface area contributed by atoms with Crippen LogP contribution in [-0.2, 0) is 29.0 Å².